The van der Waals surface area contributed by atoms with Gasteiger partial charge in [0.15, 0.2) is 0 Å². The predicted molar refractivity (Wildman–Crippen MR) is 95.0 cm³/mol. The highest BCUT2D eigenvalue weighted by molar-refractivity contribution is 9.10. The first-order chi connectivity index (χ1) is 11.1. The van der Waals surface area contributed by atoms with Crippen LogP contribution in [0.3, 0.4) is 0 Å². The number of halogens is 2. The summed E-state index contributed by atoms with van der Waals surface area (Å²) in [5.41, 5.74) is -0.0101. The van der Waals surface area contributed by atoms with Crippen molar-refractivity contribution in [2.45, 2.75) is 20.8 Å². The molecule has 0 heterocycles. The van der Waals surface area contributed by atoms with E-state index in [2.05, 4.69) is 15.9 Å². The second-order valence-corrected chi connectivity index (χ2v) is 6.50. The fourth-order valence-corrected chi connectivity index (χ4v) is 2.66. The van der Waals surface area contributed by atoms with Crippen molar-refractivity contribution in [3.8, 4) is 0 Å². The SMILES string of the molecule is CC(=O)N(CC=CC(C(=N)C(=O)O)C(C)C)c1cc(F)ccc1Br. The molecule has 0 saturated carbocycles. The van der Waals surface area contributed by atoms with E-state index in [1.807, 2.05) is 13.8 Å². The zero-order chi connectivity index (χ0) is 18.4. The highest BCUT2D eigenvalue weighted by Crippen LogP contribution is 2.27. The second-order valence-electron chi connectivity index (χ2n) is 5.64. The van der Waals surface area contributed by atoms with Gasteiger partial charge in [0.1, 0.15) is 11.5 Å². The molecule has 0 aromatic heterocycles. The number of hydrogen-bond donors (Lipinski definition) is 2. The molecule has 0 aliphatic carbocycles. The van der Waals surface area contributed by atoms with Gasteiger partial charge in [-0.3, -0.25) is 10.2 Å². The number of nitrogens with one attached hydrogen (secondary N) is 1. The molecule has 1 amide bonds. The zero-order valence-corrected chi connectivity index (χ0v) is 15.3. The lowest BCUT2D eigenvalue weighted by Gasteiger charge is -2.22. The molecule has 1 unspecified atom stereocenters. The van der Waals surface area contributed by atoms with Gasteiger partial charge >= 0.3 is 5.97 Å². The fraction of sp³-hybridized carbons (Fsp3) is 0.353. The molecule has 0 radical (unpaired) electrons. The number of carbonyl (C=O) groups excluding carboxylic acids is 1. The number of hydrogen-bond acceptors (Lipinski definition) is 3. The molecule has 0 aliphatic heterocycles. The minimum atomic E-state index is -1.27. The lowest BCUT2D eigenvalue weighted by Crippen LogP contribution is -2.30. The van der Waals surface area contributed by atoms with Crippen LogP contribution in [0.15, 0.2) is 34.8 Å². The van der Waals surface area contributed by atoms with Crippen LogP contribution in [-0.2, 0) is 9.59 Å². The third-order valence-corrected chi connectivity index (χ3v) is 4.16. The van der Waals surface area contributed by atoms with E-state index in [0.29, 0.717) is 10.2 Å². The summed E-state index contributed by atoms with van der Waals surface area (Å²) in [4.78, 5) is 24.2. The van der Waals surface area contributed by atoms with Crippen LogP contribution in [0, 0.1) is 23.1 Å². The quantitative estimate of drug-likeness (QED) is 0.540. The Hall–Kier alpha value is -2.02. The molecule has 0 aliphatic rings. The lowest BCUT2D eigenvalue weighted by molar-refractivity contribution is -0.129. The number of carboxylic acid groups (broad SMARTS) is 1. The Morgan fingerprint density at radius 3 is 2.54 bits per heavy atom. The average Bonchev–Trinajstić information content (AvgIpc) is 2.48. The standard InChI is InChI=1S/C17H20BrFN2O3/c1-10(2)13(16(20)17(23)24)5-4-8-21(11(3)22)15-9-12(19)6-7-14(15)18/h4-7,9-10,13,20H,8H2,1-3H3,(H,23,24). The Morgan fingerprint density at radius 1 is 1.42 bits per heavy atom. The molecule has 0 saturated heterocycles. The van der Waals surface area contributed by atoms with Crippen LogP contribution < -0.4 is 4.90 Å². The van der Waals surface area contributed by atoms with Gasteiger partial charge in [-0.15, -0.1) is 0 Å². The summed E-state index contributed by atoms with van der Waals surface area (Å²) in [6.07, 6.45) is 3.23. The van der Waals surface area contributed by atoms with Crippen LogP contribution in [0.2, 0.25) is 0 Å². The van der Waals surface area contributed by atoms with Crippen molar-refractivity contribution in [1.29, 1.82) is 5.41 Å². The van der Waals surface area contributed by atoms with Gasteiger partial charge in [-0.1, -0.05) is 26.0 Å². The van der Waals surface area contributed by atoms with Crippen molar-refractivity contribution < 1.29 is 19.1 Å². The largest absolute Gasteiger partial charge is 0.477 e. The van der Waals surface area contributed by atoms with Crippen LogP contribution in [0.5, 0.6) is 0 Å². The summed E-state index contributed by atoms with van der Waals surface area (Å²) in [6, 6.07) is 4.05. The Bertz CT molecular complexity index is 674. The number of carboxylic acids is 1. The normalized spacial score (nSPS) is 12.4. The summed E-state index contributed by atoms with van der Waals surface area (Å²) in [6.45, 7) is 5.15. The topological polar surface area (TPSA) is 81.5 Å². The van der Waals surface area contributed by atoms with Crippen molar-refractivity contribution in [2.24, 2.45) is 11.8 Å². The van der Waals surface area contributed by atoms with Gasteiger partial charge in [0.25, 0.3) is 0 Å². The zero-order valence-electron chi connectivity index (χ0n) is 13.7. The molecule has 1 rings (SSSR count). The first kappa shape index (κ1) is 20.0. The number of aliphatic carboxylic acids is 1. The van der Waals surface area contributed by atoms with Crippen LogP contribution in [0.25, 0.3) is 0 Å². The summed E-state index contributed by atoms with van der Waals surface area (Å²) < 4.78 is 14.0. The molecular formula is C17H20BrFN2O3. The van der Waals surface area contributed by atoms with Gasteiger partial charge in [0.05, 0.1) is 5.69 Å². The van der Waals surface area contributed by atoms with E-state index in [0.717, 1.165) is 0 Å². The number of benzene rings is 1. The van der Waals surface area contributed by atoms with E-state index >= 15 is 0 Å². The first-order valence-electron chi connectivity index (χ1n) is 7.36. The van der Waals surface area contributed by atoms with Crippen molar-refractivity contribution in [1.82, 2.24) is 0 Å². The minimum absolute atomic E-state index is 0.0727. The van der Waals surface area contributed by atoms with Crippen LogP contribution in [0.4, 0.5) is 10.1 Å². The van der Waals surface area contributed by atoms with E-state index in [1.54, 1.807) is 12.2 Å². The summed E-state index contributed by atoms with van der Waals surface area (Å²) >= 11 is 3.29. The van der Waals surface area contributed by atoms with Crippen LogP contribution in [-0.4, -0.2) is 29.2 Å². The molecule has 0 spiro atoms. The number of carbonyl (C=O) groups is 2. The monoisotopic (exact) mass is 398 g/mol. The van der Waals surface area contributed by atoms with Gasteiger partial charge in [-0.2, -0.15) is 0 Å². The molecule has 1 atom stereocenters. The summed E-state index contributed by atoms with van der Waals surface area (Å²) in [7, 11) is 0. The van der Waals surface area contributed by atoms with Gasteiger partial charge in [-0.05, 0) is 40.0 Å². The summed E-state index contributed by atoms with van der Waals surface area (Å²) in [5.74, 6) is -2.64. The number of amides is 1. The molecule has 130 valence electrons. The maximum Gasteiger partial charge on any atom is 0.350 e. The molecule has 5 nitrogen and oxygen atoms in total. The molecule has 1 aromatic rings. The molecular weight excluding hydrogens is 379 g/mol. The molecule has 7 heteroatoms. The molecule has 0 fully saturated rings. The highest BCUT2D eigenvalue weighted by Gasteiger charge is 2.21. The number of nitrogens with zero attached hydrogens (tertiary/aromatic N) is 1. The smallest absolute Gasteiger partial charge is 0.350 e. The molecule has 24 heavy (non-hydrogen) atoms. The Kier molecular flexibility index (Phi) is 7.28. The number of rotatable bonds is 7. The van der Waals surface area contributed by atoms with Crippen molar-refractivity contribution in [2.75, 3.05) is 11.4 Å². The van der Waals surface area contributed by atoms with Crippen molar-refractivity contribution >= 4 is 39.2 Å². The second kappa shape index (κ2) is 8.73. The van der Waals surface area contributed by atoms with Gasteiger partial charge < -0.3 is 10.0 Å². The fourth-order valence-electron chi connectivity index (χ4n) is 2.20. The van der Waals surface area contributed by atoms with E-state index < -0.39 is 23.4 Å². The maximum atomic E-state index is 13.5. The van der Waals surface area contributed by atoms with Gasteiger partial charge in [0.2, 0.25) is 5.91 Å². The van der Waals surface area contributed by atoms with E-state index in [-0.39, 0.29) is 18.4 Å². The van der Waals surface area contributed by atoms with E-state index in [4.69, 9.17) is 10.5 Å². The molecule has 2 N–H and O–H groups in total. The Balaban J connectivity index is 3.01. The Labute approximate surface area is 148 Å². The lowest BCUT2D eigenvalue weighted by atomic mass is 9.90. The predicted octanol–water partition coefficient (Wildman–Crippen LogP) is 3.87. The van der Waals surface area contributed by atoms with Gasteiger partial charge in [0, 0.05) is 23.9 Å². The average molecular weight is 399 g/mol. The molecule has 0 bridgehead atoms. The number of anilines is 1. The van der Waals surface area contributed by atoms with Gasteiger partial charge in [-0.25, -0.2) is 9.18 Å². The number of allylic oxidation sites excluding steroid dienone is 1. The van der Waals surface area contributed by atoms with Crippen molar-refractivity contribution in [3.63, 3.8) is 0 Å². The molecule has 1 aromatic carbocycles. The van der Waals surface area contributed by atoms with E-state index in [9.17, 15) is 14.0 Å². The highest BCUT2D eigenvalue weighted by atomic mass is 79.9. The minimum Gasteiger partial charge on any atom is -0.477 e. The summed E-state index contributed by atoms with van der Waals surface area (Å²) in [5, 5.41) is 16.6. The first-order valence-corrected chi connectivity index (χ1v) is 8.16. The van der Waals surface area contributed by atoms with Crippen molar-refractivity contribution in [3.05, 3.63) is 40.6 Å². The van der Waals surface area contributed by atoms with E-state index in [1.165, 1.54) is 30.0 Å². The van der Waals surface area contributed by atoms with Crippen LogP contribution >= 0.6 is 15.9 Å². The third-order valence-electron chi connectivity index (χ3n) is 3.49. The third kappa shape index (κ3) is 5.26. The van der Waals surface area contributed by atoms with Crippen LogP contribution in [0.1, 0.15) is 20.8 Å². The Morgan fingerprint density at radius 2 is 2.04 bits per heavy atom. The maximum absolute atomic E-state index is 13.5.